The van der Waals surface area contributed by atoms with Crippen molar-refractivity contribution in [1.82, 2.24) is 14.4 Å². The second-order valence-corrected chi connectivity index (χ2v) is 9.44. The van der Waals surface area contributed by atoms with E-state index in [9.17, 15) is 29.6 Å². The van der Waals surface area contributed by atoms with Crippen molar-refractivity contribution in [3.63, 3.8) is 0 Å². The molecule has 0 radical (unpaired) electrons. The number of carbonyl (C=O) groups excluding carboxylic acids is 3. The minimum absolute atomic E-state index is 0.0650. The Bertz CT molecular complexity index is 1680. The van der Waals surface area contributed by atoms with Crippen molar-refractivity contribution in [2.75, 3.05) is 4.90 Å². The summed E-state index contributed by atoms with van der Waals surface area (Å²) in [5, 5.41) is 23.1. The summed E-state index contributed by atoms with van der Waals surface area (Å²) < 4.78 is 1.59. The molecule has 1 atom stereocenters. The second-order valence-electron chi connectivity index (χ2n) is 8.46. The van der Waals surface area contributed by atoms with Crippen molar-refractivity contribution in [1.29, 1.82) is 0 Å². The van der Waals surface area contributed by atoms with Gasteiger partial charge in [0, 0.05) is 25.3 Å². The molecule has 5 rings (SSSR count). The number of anilines is 1. The molecule has 1 aromatic carbocycles. The number of aromatic nitrogens is 3. The van der Waals surface area contributed by atoms with E-state index in [-0.39, 0.29) is 33.4 Å². The van der Waals surface area contributed by atoms with Gasteiger partial charge in [0.25, 0.3) is 11.5 Å². The third-order valence-electron chi connectivity index (χ3n) is 6.08. The van der Waals surface area contributed by atoms with E-state index in [1.807, 2.05) is 0 Å². The lowest BCUT2D eigenvalue weighted by Gasteiger charge is -2.22. The predicted octanol–water partition coefficient (Wildman–Crippen LogP) is 4.14. The first-order valence-corrected chi connectivity index (χ1v) is 11.9. The van der Waals surface area contributed by atoms with E-state index < -0.39 is 28.4 Å². The number of Topliss-reactive ketones (excluding diaryl/α,β-unsaturated/α-hetero) is 2. The van der Waals surface area contributed by atoms with Crippen molar-refractivity contribution >= 4 is 51.0 Å². The number of imidazole rings is 1. The standard InChI is InChI=1S/C25H19N5O6S/c1-12-19(28-10-5-4-9-17(28)26-12)21(32)18-20(15-7-6-8-16(11-15)30(35)36)29(24(34)22(18)33)25-27-13(2)23(37-25)14(3)31/h4-11,20,32H,1-3H3. The molecule has 11 nitrogen and oxygen atoms in total. The average Bonchev–Trinajstić information content (AvgIpc) is 3.49. The average molecular weight is 518 g/mol. The van der Waals surface area contributed by atoms with Crippen LogP contribution in [0.3, 0.4) is 0 Å². The lowest BCUT2D eigenvalue weighted by molar-refractivity contribution is -0.384. The number of hydrogen-bond donors (Lipinski definition) is 1. The number of carbonyl (C=O) groups is 3. The van der Waals surface area contributed by atoms with Crippen LogP contribution in [0.2, 0.25) is 0 Å². The van der Waals surface area contributed by atoms with Crippen LogP contribution in [0.5, 0.6) is 0 Å². The van der Waals surface area contributed by atoms with Crippen LogP contribution in [0.25, 0.3) is 11.4 Å². The zero-order valence-corrected chi connectivity index (χ0v) is 20.6. The van der Waals surface area contributed by atoms with E-state index >= 15 is 0 Å². The first-order valence-electron chi connectivity index (χ1n) is 11.1. The molecule has 4 aromatic rings. The normalized spacial score (nSPS) is 17.1. The fourth-order valence-corrected chi connectivity index (χ4v) is 5.48. The van der Waals surface area contributed by atoms with Gasteiger partial charge in [-0.1, -0.05) is 29.5 Å². The maximum absolute atomic E-state index is 13.4. The zero-order valence-electron chi connectivity index (χ0n) is 19.8. The molecule has 12 heteroatoms. The summed E-state index contributed by atoms with van der Waals surface area (Å²) in [6, 6.07) is 9.46. The number of pyridine rings is 1. The van der Waals surface area contributed by atoms with Crippen molar-refractivity contribution in [3.8, 4) is 0 Å². The monoisotopic (exact) mass is 517 g/mol. The van der Waals surface area contributed by atoms with E-state index in [4.69, 9.17) is 0 Å². The van der Waals surface area contributed by atoms with Crippen LogP contribution in [0, 0.1) is 24.0 Å². The Labute approximate surface area is 213 Å². The highest BCUT2D eigenvalue weighted by Crippen LogP contribution is 2.44. The highest BCUT2D eigenvalue weighted by Gasteiger charge is 2.49. The molecular weight excluding hydrogens is 498 g/mol. The number of fused-ring (bicyclic) bond motifs is 1. The Kier molecular flexibility index (Phi) is 5.67. The van der Waals surface area contributed by atoms with Crippen molar-refractivity contribution in [2.24, 2.45) is 0 Å². The number of nitro groups is 1. The number of aryl methyl sites for hydroxylation is 2. The number of thiazole rings is 1. The van der Waals surface area contributed by atoms with Gasteiger partial charge in [0.15, 0.2) is 16.7 Å². The predicted molar refractivity (Wildman–Crippen MR) is 135 cm³/mol. The number of aliphatic hydroxyl groups excluding tert-OH is 1. The number of amides is 1. The van der Waals surface area contributed by atoms with Gasteiger partial charge in [-0.15, -0.1) is 0 Å². The lowest BCUT2D eigenvalue weighted by atomic mass is 9.96. The Hall–Kier alpha value is -4.71. The molecule has 0 saturated carbocycles. The van der Waals surface area contributed by atoms with E-state index in [1.165, 1.54) is 31.2 Å². The van der Waals surface area contributed by atoms with Crippen molar-refractivity contribution in [2.45, 2.75) is 26.8 Å². The maximum Gasteiger partial charge on any atom is 0.301 e. The summed E-state index contributed by atoms with van der Waals surface area (Å²) in [7, 11) is 0. The molecule has 1 unspecified atom stereocenters. The Morgan fingerprint density at radius 1 is 1.11 bits per heavy atom. The Morgan fingerprint density at radius 3 is 2.54 bits per heavy atom. The summed E-state index contributed by atoms with van der Waals surface area (Å²) in [5.41, 5.74) is 1.22. The number of hydrogen-bond acceptors (Lipinski definition) is 9. The molecule has 1 amide bonds. The first-order chi connectivity index (χ1) is 17.6. The molecule has 1 aliphatic rings. The first kappa shape index (κ1) is 24.0. The summed E-state index contributed by atoms with van der Waals surface area (Å²) in [4.78, 5) is 60.0. The number of non-ortho nitro benzene ring substituents is 1. The van der Waals surface area contributed by atoms with Crippen LogP contribution in [-0.4, -0.2) is 41.9 Å². The molecule has 1 N–H and O–H groups in total. The largest absolute Gasteiger partial charge is 0.505 e. The Balaban J connectivity index is 1.80. The van der Waals surface area contributed by atoms with Crippen LogP contribution in [-0.2, 0) is 9.59 Å². The van der Waals surface area contributed by atoms with E-state index in [0.717, 1.165) is 16.2 Å². The van der Waals surface area contributed by atoms with Crippen LogP contribution < -0.4 is 4.90 Å². The minimum atomic E-state index is -1.24. The van der Waals surface area contributed by atoms with E-state index in [0.29, 0.717) is 21.9 Å². The Morgan fingerprint density at radius 2 is 1.86 bits per heavy atom. The van der Waals surface area contributed by atoms with Crippen LogP contribution in [0.4, 0.5) is 10.8 Å². The topological polar surface area (TPSA) is 148 Å². The number of nitrogens with zero attached hydrogens (tertiary/aromatic N) is 5. The quantitative estimate of drug-likeness (QED) is 0.104. The fourth-order valence-electron chi connectivity index (χ4n) is 4.49. The van der Waals surface area contributed by atoms with Gasteiger partial charge in [-0.05, 0) is 31.5 Å². The van der Waals surface area contributed by atoms with Gasteiger partial charge >= 0.3 is 5.91 Å². The third kappa shape index (κ3) is 3.78. The van der Waals surface area contributed by atoms with Gasteiger partial charge in [0.05, 0.1) is 32.8 Å². The molecule has 37 heavy (non-hydrogen) atoms. The highest BCUT2D eigenvalue weighted by atomic mass is 32.1. The molecule has 0 bridgehead atoms. The summed E-state index contributed by atoms with van der Waals surface area (Å²) >= 11 is 0.933. The third-order valence-corrected chi connectivity index (χ3v) is 7.34. The number of ketones is 2. The van der Waals surface area contributed by atoms with Gasteiger partial charge < -0.3 is 5.11 Å². The molecule has 0 spiro atoms. The number of benzene rings is 1. The van der Waals surface area contributed by atoms with Crippen LogP contribution in [0.15, 0.2) is 54.2 Å². The van der Waals surface area contributed by atoms with E-state index in [1.54, 1.807) is 42.6 Å². The van der Waals surface area contributed by atoms with Crippen LogP contribution >= 0.6 is 11.3 Å². The maximum atomic E-state index is 13.4. The molecule has 1 fully saturated rings. The molecule has 186 valence electrons. The molecule has 0 aliphatic carbocycles. The highest BCUT2D eigenvalue weighted by molar-refractivity contribution is 7.18. The number of aliphatic hydroxyl groups is 1. The fraction of sp³-hybridized carbons (Fsp3) is 0.160. The lowest BCUT2D eigenvalue weighted by Crippen LogP contribution is -2.29. The summed E-state index contributed by atoms with van der Waals surface area (Å²) in [5.74, 6) is -2.70. The van der Waals surface area contributed by atoms with Gasteiger partial charge in [-0.3, -0.25) is 33.8 Å². The minimum Gasteiger partial charge on any atom is -0.505 e. The second kappa shape index (κ2) is 8.75. The molecular formula is C25H19N5O6S. The van der Waals surface area contributed by atoms with Gasteiger partial charge in [-0.2, -0.15) is 0 Å². The van der Waals surface area contributed by atoms with E-state index in [2.05, 4.69) is 9.97 Å². The summed E-state index contributed by atoms with van der Waals surface area (Å²) in [6.45, 7) is 4.63. The smallest absolute Gasteiger partial charge is 0.301 e. The van der Waals surface area contributed by atoms with Crippen molar-refractivity contribution < 1.29 is 24.4 Å². The summed E-state index contributed by atoms with van der Waals surface area (Å²) in [6.07, 6.45) is 1.66. The van der Waals surface area contributed by atoms with Crippen molar-refractivity contribution in [3.05, 3.63) is 91.9 Å². The van der Waals surface area contributed by atoms with Gasteiger partial charge in [0.2, 0.25) is 0 Å². The van der Waals surface area contributed by atoms with Gasteiger partial charge in [-0.25, -0.2) is 9.97 Å². The number of nitro benzene ring substituents is 1. The molecule has 3 aromatic heterocycles. The number of rotatable bonds is 5. The SMILES string of the molecule is CC(=O)c1sc(N2C(=O)C(=O)C(=C(O)c3c(C)nc4ccccn34)C2c2cccc([N+](=O)[O-])c2)nc1C. The van der Waals surface area contributed by atoms with Gasteiger partial charge in [0.1, 0.15) is 11.3 Å². The molecule has 1 aliphatic heterocycles. The van der Waals surface area contributed by atoms with Crippen LogP contribution in [0.1, 0.15) is 45.3 Å². The zero-order chi connectivity index (χ0) is 26.6. The molecule has 4 heterocycles. The molecule has 1 saturated heterocycles.